The molecule has 2 heteroatoms. The zero-order chi connectivity index (χ0) is 27.0. The predicted molar refractivity (Wildman–Crippen MR) is 177 cm³/mol. The van der Waals surface area contributed by atoms with Crippen LogP contribution in [0.15, 0.2) is 188 Å². The Labute approximate surface area is 237 Å². The van der Waals surface area contributed by atoms with Crippen molar-refractivity contribution < 1.29 is 0 Å². The van der Waals surface area contributed by atoms with Crippen molar-refractivity contribution in [1.82, 2.24) is 0 Å². The molecule has 0 aromatic heterocycles. The summed E-state index contributed by atoms with van der Waals surface area (Å²) in [4.78, 5) is 0. The summed E-state index contributed by atoms with van der Waals surface area (Å²) in [7, 11) is 0.198. The Bertz CT molecular complexity index is 1350. The van der Waals surface area contributed by atoms with Crippen LogP contribution in [0.2, 0.25) is 0 Å². The molecule has 0 amide bonds. The molecule has 5 rings (SSSR count). The first-order chi connectivity index (χ1) is 19.3. The van der Waals surface area contributed by atoms with E-state index in [1.165, 1.54) is 32.1 Å². The van der Waals surface area contributed by atoms with Gasteiger partial charge in [-0.15, -0.1) is 0 Å². The average molecular weight is 541 g/mol. The summed E-state index contributed by atoms with van der Waals surface area (Å²) in [6.07, 6.45) is 9.13. The first-order valence-corrected chi connectivity index (χ1v) is 15.5. The van der Waals surface area contributed by atoms with Gasteiger partial charge in [-0.25, -0.2) is 0 Å². The number of benzene rings is 5. The number of hydrogen-bond acceptors (Lipinski definition) is 0. The van der Waals surface area contributed by atoms with E-state index in [0.717, 1.165) is 15.0 Å². The lowest BCUT2D eigenvalue weighted by molar-refractivity contribution is 1.24. The van der Waals surface area contributed by atoms with Gasteiger partial charge in [-0.1, -0.05) is 191 Å². The van der Waals surface area contributed by atoms with Crippen LogP contribution in [0.1, 0.15) is 5.56 Å². The van der Waals surface area contributed by atoms with Crippen molar-refractivity contribution in [1.29, 1.82) is 0 Å². The van der Waals surface area contributed by atoms with Crippen molar-refractivity contribution in [3.05, 3.63) is 193 Å². The van der Waals surface area contributed by atoms with Crippen molar-refractivity contribution in [2.75, 3.05) is 0 Å². The van der Waals surface area contributed by atoms with Crippen LogP contribution in [-0.4, -0.2) is 0 Å². The van der Waals surface area contributed by atoms with Gasteiger partial charge in [-0.3, -0.25) is 0 Å². The second-order valence-electron chi connectivity index (χ2n) is 8.80. The molecule has 0 spiro atoms. The van der Waals surface area contributed by atoms with E-state index < -0.39 is 7.92 Å². The molecule has 0 aliphatic heterocycles. The maximum Gasteiger partial charge on any atom is -0.00150 e. The van der Waals surface area contributed by atoms with Crippen LogP contribution in [-0.2, 0) is 6.42 Å². The summed E-state index contributed by atoms with van der Waals surface area (Å²) in [5.41, 5.74) is 1.34. The second-order valence-corrected chi connectivity index (χ2v) is 12.5. The minimum absolute atomic E-state index is 0.579. The molecule has 5 aromatic carbocycles. The molecular formula is C37H34P2. The van der Waals surface area contributed by atoms with Gasteiger partial charge in [0.05, 0.1) is 0 Å². The molecule has 0 saturated heterocycles. The summed E-state index contributed by atoms with van der Waals surface area (Å²) in [5, 5.41) is 6.98. The maximum atomic E-state index is 3.79. The molecule has 0 saturated carbocycles. The number of rotatable bonds is 9. The molecule has 0 fully saturated rings. The minimum Gasteiger partial charge on any atom is -0.0991 e. The molecule has 192 valence electrons. The van der Waals surface area contributed by atoms with Gasteiger partial charge in [0.2, 0.25) is 0 Å². The van der Waals surface area contributed by atoms with E-state index in [0.29, 0.717) is 0 Å². The molecule has 0 nitrogen and oxygen atoms in total. The van der Waals surface area contributed by atoms with Gasteiger partial charge in [0.1, 0.15) is 0 Å². The summed E-state index contributed by atoms with van der Waals surface area (Å²) in [5.74, 6) is 0. The molecule has 0 unspecified atom stereocenters. The quantitative estimate of drug-likeness (QED) is 0.130. The zero-order valence-electron chi connectivity index (χ0n) is 22.1. The molecular weight excluding hydrogens is 506 g/mol. The van der Waals surface area contributed by atoms with Crippen molar-refractivity contribution in [3.63, 3.8) is 0 Å². The van der Waals surface area contributed by atoms with Crippen molar-refractivity contribution in [2.24, 2.45) is 0 Å². The highest BCUT2D eigenvalue weighted by Gasteiger charge is 2.18. The third kappa shape index (κ3) is 9.46. The van der Waals surface area contributed by atoms with Gasteiger partial charge >= 0.3 is 0 Å². The second kappa shape index (κ2) is 16.2. The maximum absolute atomic E-state index is 3.79. The van der Waals surface area contributed by atoms with Crippen LogP contribution >= 0.6 is 16.5 Å². The molecule has 0 atom stereocenters. The molecule has 0 aliphatic carbocycles. The SMILES string of the molecule is C=C/C=C\C=C(\Cc1ccccc1)P(c1ccccc1)c1ccccc1.c1ccc(Pc2ccccc2)cc1. The van der Waals surface area contributed by atoms with E-state index in [9.17, 15) is 0 Å². The fraction of sp³-hybridized carbons (Fsp3) is 0.0270. The smallest absolute Gasteiger partial charge is 0.00150 e. The zero-order valence-corrected chi connectivity index (χ0v) is 24.0. The molecule has 0 radical (unpaired) electrons. The standard InChI is InChI=1S/C25H23P.C12H11P/c1-2-3-7-20-25(21-22-14-8-4-9-15-22)26(23-16-10-5-11-17-23)24-18-12-6-13-19-24;1-3-7-11(8-4-1)13-12-9-5-2-6-10-12/h2-20H,1,21H2;1-10,13H/b7-3-,25-20-;. The third-order valence-electron chi connectivity index (χ3n) is 5.92. The van der Waals surface area contributed by atoms with Crippen LogP contribution in [0, 0.1) is 0 Å². The third-order valence-corrected chi connectivity index (χ3v) is 9.67. The van der Waals surface area contributed by atoms with E-state index in [1.807, 2.05) is 12.2 Å². The normalized spacial score (nSPS) is 11.2. The van der Waals surface area contributed by atoms with E-state index >= 15 is 0 Å². The Morgan fingerprint density at radius 3 is 1.38 bits per heavy atom. The first-order valence-electron chi connectivity index (χ1n) is 13.1. The summed E-state index contributed by atoms with van der Waals surface area (Å²) < 4.78 is 0. The van der Waals surface area contributed by atoms with Crippen LogP contribution in [0.5, 0.6) is 0 Å². The molecule has 0 aliphatic rings. The Morgan fingerprint density at radius 1 is 0.538 bits per heavy atom. The van der Waals surface area contributed by atoms with Gasteiger partial charge in [0.25, 0.3) is 0 Å². The Balaban J connectivity index is 0.000000226. The molecule has 5 aromatic rings. The Morgan fingerprint density at radius 2 is 0.949 bits per heavy atom. The summed E-state index contributed by atoms with van der Waals surface area (Å²) in [6.45, 7) is 3.79. The van der Waals surface area contributed by atoms with E-state index in [1.54, 1.807) is 0 Å². The van der Waals surface area contributed by atoms with Crippen molar-refractivity contribution >= 4 is 37.7 Å². The topological polar surface area (TPSA) is 0 Å². The Kier molecular flexibility index (Phi) is 11.7. The fourth-order valence-corrected chi connectivity index (χ4v) is 7.64. The number of hydrogen-bond donors (Lipinski definition) is 0. The first kappa shape index (κ1) is 28.2. The van der Waals surface area contributed by atoms with Crippen LogP contribution in [0.25, 0.3) is 0 Å². The van der Waals surface area contributed by atoms with Gasteiger partial charge in [-0.05, 0) is 46.4 Å². The number of allylic oxidation sites excluding steroid dienone is 5. The lowest BCUT2D eigenvalue weighted by Gasteiger charge is -2.22. The minimum atomic E-state index is -0.579. The predicted octanol–water partition coefficient (Wildman–Crippen LogP) is 8.30. The van der Waals surface area contributed by atoms with Crippen LogP contribution < -0.4 is 21.2 Å². The van der Waals surface area contributed by atoms with Gasteiger partial charge in [-0.2, -0.15) is 0 Å². The molecule has 0 bridgehead atoms. The van der Waals surface area contributed by atoms with E-state index in [-0.39, 0.29) is 0 Å². The van der Waals surface area contributed by atoms with E-state index in [4.69, 9.17) is 0 Å². The average Bonchev–Trinajstić information content (AvgIpc) is 3.00. The van der Waals surface area contributed by atoms with Gasteiger partial charge < -0.3 is 0 Å². The highest BCUT2D eigenvalue weighted by atomic mass is 31.1. The highest BCUT2D eigenvalue weighted by Crippen LogP contribution is 2.44. The van der Waals surface area contributed by atoms with Crippen LogP contribution in [0.4, 0.5) is 0 Å². The largest absolute Gasteiger partial charge is 0.0991 e. The Hall–Kier alpha value is -3.82. The molecule has 39 heavy (non-hydrogen) atoms. The lowest BCUT2D eigenvalue weighted by atomic mass is 10.1. The molecule has 0 N–H and O–H groups in total. The molecule has 0 heterocycles. The lowest BCUT2D eigenvalue weighted by Crippen LogP contribution is -2.14. The summed E-state index contributed by atoms with van der Waals surface area (Å²) in [6, 6.07) is 53.5. The van der Waals surface area contributed by atoms with Gasteiger partial charge in [0, 0.05) is 0 Å². The van der Waals surface area contributed by atoms with Crippen LogP contribution in [0.3, 0.4) is 0 Å². The highest BCUT2D eigenvalue weighted by molar-refractivity contribution is 7.76. The van der Waals surface area contributed by atoms with Crippen molar-refractivity contribution in [3.8, 4) is 0 Å². The fourth-order valence-electron chi connectivity index (χ4n) is 4.11. The van der Waals surface area contributed by atoms with Crippen molar-refractivity contribution in [2.45, 2.75) is 6.42 Å². The van der Waals surface area contributed by atoms with Gasteiger partial charge in [0.15, 0.2) is 0 Å². The summed E-state index contributed by atoms with van der Waals surface area (Å²) >= 11 is 0. The monoisotopic (exact) mass is 540 g/mol. The van der Waals surface area contributed by atoms with E-state index in [2.05, 4.69) is 170 Å².